The SMILES string of the molecule is CNC(=O)/C=C/CN1CCN(C(C)C)CC1. The van der Waals surface area contributed by atoms with E-state index in [1.165, 1.54) is 0 Å². The summed E-state index contributed by atoms with van der Waals surface area (Å²) < 4.78 is 0. The van der Waals surface area contributed by atoms with Crippen LogP contribution in [-0.2, 0) is 4.79 Å². The van der Waals surface area contributed by atoms with Gasteiger partial charge in [-0.15, -0.1) is 0 Å². The summed E-state index contributed by atoms with van der Waals surface area (Å²) in [6, 6.07) is 0.642. The van der Waals surface area contributed by atoms with Crippen LogP contribution in [0.25, 0.3) is 0 Å². The maximum Gasteiger partial charge on any atom is 0.243 e. The molecule has 0 radical (unpaired) electrons. The molecular formula is C12H23N3O. The van der Waals surface area contributed by atoms with Crippen LogP contribution in [-0.4, -0.2) is 61.5 Å². The van der Waals surface area contributed by atoms with Crippen molar-refractivity contribution in [2.75, 3.05) is 39.8 Å². The average molecular weight is 225 g/mol. The number of piperazine rings is 1. The molecule has 1 heterocycles. The standard InChI is InChI=1S/C12H23N3O/c1-11(2)15-9-7-14(8-10-15)6-4-5-12(16)13-3/h4-5,11H,6-10H2,1-3H3,(H,13,16)/b5-4+. The summed E-state index contributed by atoms with van der Waals surface area (Å²) in [7, 11) is 1.65. The minimum atomic E-state index is -0.0270. The van der Waals surface area contributed by atoms with Crippen LogP contribution in [0, 0.1) is 0 Å². The van der Waals surface area contributed by atoms with Gasteiger partial charge in [0.2, 0.25) is 5.91 Å². The van der Waals surface area contributed by atoms with E-state index in [9.17, 15) is 4.79 Å². The minimum absolute atomic E-state index is 0.0270. The van der Waals surface area contributed by atoms with Gasteiger partial charge >= 0.3 is 0 Å². The molecule has 0 unspecified atom stereocenters. The van der Waals surface area contributed by atoms with Crippen LogP contribution in [0.1, 0.15) is 13.8 Å². The average Bonchev–Trinajstić information content (AvgIpc) is 2.29. The summed E-state index contributed by atoms with van der Waals surface area (Å²) in [5.41, 5.74) is 0. The first kappa shape index (κ1) is 13.2. The molecule has 1 amide bonds. The smallest absolute Gasteiger partial charge is 0.243 e. The Labute approximate surface area is 98.3 Å². The molecule has 1 N–H and O–H groups in total. The number of hydrogen-bond donors (Lipinski definition) is 1. The van der Waals surface area contributed by atoms with E-state index in [1.807, 2.05) is 6.08 Å². The Balaban J connectivity index is 2.22. The lowest BCUT2D eigenvalue weighted by Crippen LogP contribution is -2.48. The monoisotopic (exact) mass is 225 g/mol. The maximum atomic E-state index is 11.0. The van der Waals surface area contributed by atoms with E-state index in [4.69, 9.17) is 0 Å². The zero-order valence-corrected chi connectivity index (χ0v) is 10.6. The largest absolute Gasteiger partial charge is 0.356 e. The molecule has 0 aromatic carbocycles. The predicted octanol–water partition coefficient (Wildman–Crippen LogP) is 0.315. The highest BCUT2D eigenvalue weighted by Gasteiger charge is 2.17. The number of carbonyl (C=O) groups excluding carboxylic acids is 1. The fraction of sp³-hybridized carbons (Fsp3) is 0.750. The number of nitrogens with zero attached hydrogens (tertiary/aromatic N) is 2. The number of likely N-dealkylation sites (N-methyl/N-ethyl adjacent to an activating group) is 1. The normalized spacial score (nSPS) is 19.5. The molecule has 0 atom stereocenters. The molecule has 0 aliphatic carbocycles. The summed E-state index contributed by atoms with van der Waals surface area (Å²) in [6.45, 7) is 9.80. The Hall–Kier alpha value is -0.870. The van der Waals surface area contributed by atoms with Crippen LogP contribution in [0.2, 0.25) is 0 Å². The van der Waals surface area contributed by atoms with Gasteiger partial charge in [0.1, 0.15) is 0 Å². The topological polar surface area (TPSA) is 35.6 Å². The molecule has 4 heteroatoms. The Bertz CT molecular complexity index is 243. The lowest BCUT2D eigenvalue weighted by Gasteiger charge is -2.36. The van der Waals surface area contributed by atoms with Gasteiger partial charge in [-0.2, -0.15) is 0 Å². The van der Waals surface area contributed by atoms with Gasteiger partial charge in [0.05, 0.1) is 0 Å². The molecule has 0 spiro atoms. The second-order valence-corrected chi connectivity index (χ2v) is 4.45. The van der Waals surface area contributed by atoms with E-state index in [0.29, 0.717) is 6.04 Å². The first-order chi connectivity index (χ1) is 7.63. The molecule has 92 valence electrons. The number of nitrogens with one attached hydrogen (secondary N) is 1. The van der Waals surface area contributed by atoms with E-state index < -0.39 is 0 Å². The second kappa shape index (κ2) is 6.66. The first-order valence-electron chi connectivity index (χ1n) is 5.98. The predicted molar refractivity (Wildman–Crippen MR) is 66.4 cm³/mol. The second-order valence-electron chi connectivity index (χ2n) is 4.45. The highest BCUT2D eigenvalue weighted by atomic mass is 16.1. The molecule has 1 rings (SSSR count). The van der Waals surface area contributed by atoms with Gasteiger partial charge in [0, 0.05) is 51.9 Å². The van der Waals surface area contributed by atoms with E-state index >= 15 is 0 Å². The van der Waals surface area contributed by atoms with Crippen LogP contribution >= 0.6 is 0 Å². The summed E-state index contributed by atoms with van der Waals surface area (Å²) in [4.78, 5) is 15.8. The van der Waals surface area contributed by atoms with Crippen LogP contribution < -0.4 is 5.32 Å². The third-order valence-corrected chi connectivity index (χ3v) is 3.02. The molecule has 0 saturated carbocycles. The summed E-state index contributed by atoms with van der Waals surface area (Å²) in [5, 5.41) is 2.57. The maximum absolute atomic E-state index is 11.0. The number of carbonyl (C=O) groups is 1. The Morgan fingerprint density at radius 1 is 1.31 bits per heavy atom. The van der Waals surface area contributed by atoms with Crippen molar-refractivity contribution in [1.82, 2.24) is 15.1 Å². The zero-order chi connectivity index (χ0) is 12.0. The third kappa shape index (κ3) is 4.33. The van der Waals surface area contributed by atoms with Gasteiger partial charge in [0.25, 0.3) is 0 Å². The molecule has 0 aromatic rings. The zero-order valence-electron chi connectivity index (χ0n) is 10.6. The summed E-state index contributed by atoms with van der Waals surface area (Å²) in [6.07, 6.45) is 3.54. The Morgan fingerprint density at radius 2 is 1.94 bits per heavy atom. The molecule has 1 aliphatic rings. The molecule has 1 saturated heterocycles. The number of hydrogen-bond acceptors (Lipinski definition) is 3. The molecule has 0 bridgehead atoms. The van der Waals surface area contributed by atoms with Crippen LogP contribution in [0.15, 0.2) is 12.2 Å². The van der Waals surface area contributed by atoms with E-state index in [1.54, 1.807) is 13.1 Å². The highest BCUT2D eigenvalue weighted by molar-refractivity contribution is 5.87. The lowest BCUT2D eigenvalue weighted by molar-refractivity contribution is -0.116. The first-order valence-corrected chi connectivity index (χ1v) is 5.98. The van der Waals surface area contributed by atoms with Crippen molar-refractivity contribution in [3.63, 3.8) is 0 Å². The van der Waals surface area contributed by atoms with Crippen molar-refractivity contribution in [3.8, 4) is 0 Å². The van der Waals surface area contributed by atoms with E-state index in [0.717, 1.165) is 32.7 Å². The number of amides is 1. The fourth-order valence-corrected chi connectivity index (χ4v) is 1.85. The lowest BCUT2D eigenvalue weighted by atomic mass is 10.2. The van der Waals surface area contributed by atoms with Crippen LogP contribution in [0.4, 0.5) is 0 Å². The molecule has 4 nitrogen and oxygen atoms in total. The van der Waals surface area contributed by atoms with Crippen molar-refractivity contribution in [2.24, 2.45) is 0 Å². The Kier molecular flexibility index (Phi) is 5.49. The third-order valence-electron chi connectivity index (χ3n) is 3.02. The van der Waals surface area contributed by atoms with Gasteiger partial charge in [0.15, 0.2) is 0 Å². The van der Waals surface area contributed by atoms with E-state index in [2.05, 4.69) is 29.0 Å². The van der Waals surface area contributed by atoms with Crippen molar-refractivity contribution < 1.29 is 4.79 Å². The van der Waals surface area contributed by atoms with Crippen molar-refractivity contribution in [3.05, 3.63) is 12.2 Å². The molecular weight excluding hydrogens is 202 g/mol. The van der Waals surface area contributed by atoms with Crippen molar-refractivity contribution in [1.29, 1.82) is 0 Å². The van der Waals surface area contributed by atoms with E-state index in [-0.39, 0.29) is 5.91 Å². The fourth-order valence-electron chi connectivity index (χ4n) is 1.85. The molecule has 1 fully saturated rings. The van der Waals surface area contributed by atoms with Gasteiger partial charge < -0.3 is 5.32 Å². The number of rotatable bonds is 4. The summed E-state index contributed by atoms with van der Waals surface area (Å²) in [5.74, 6) is -0.0270. The highest BCUT2D eigenvalue weighted by Crippen LogP contribution is 2.05. The Morgan fingerprint density at radius 3 is 2.44 bits per heavy atom. The van der Waals surface area contributed by atoms with Crippen LogP contribution in [0.3, 0.4) is 0 Å². The quantitative estimate of drug-likeness (QED) is 0.700. The molecule has 0 aromatic heterocycles. The van der Waals surface area contributed by atoms with Crippen molar-refractivity contribution in [2.45, 2.75) is 19.9 Å². The minimum Gasteiger partial charge on any atom is -0.356 e. The van der Waals surface area contributed by atoms with Gasteiger partial charge in [-0.05, 0) is 13.8 Å². The molecule has 16 heavy (non-hydrogen) atoms. The van der Waals surface area contributed by atoms with Gasteiger partial charge in [-0.3, -0.25) is 14.6 Å². The van der Waals surface area contributed by atoms with Gasteiger partial charge in [-0.25, -0.2) is 0 Å². The van der Waals surface area contributed by atoms with Crippen LogP contribution in [0.5, 0.6) is 0 Å². The van der Waals surface area contributed by atoms with Crippen molar-refractivity contribution >= 4 is 5.91 Å². The van der Waals surface area contributed by atoms with Gasteiger partial charge in [-0.1, -0.05) is 6.08 Å². The molecule has 1 aliphatic heterocycles. The summed E-state index contributed by atoms with van der Waals surface area (Å²) >= 11 is 0.